The molecule has 0 N–H and O–H groups in total. The van der Waals surface area contributed by atoms with E-state index in [1.165, 1.54) is 0 Å². The minimum atomic E-state index is -11.1. The topological polar surface area (TPSA) is 0 Å². The van der Waals surface area contributed by atoms with Gasteiger partial charge in [-0.25, -0.2) is 0 Å². The van der Waals surface area contributed by atoms with Crippen molar-refractivity contribution < 1.29 is 46.0 Å². The quantitative estimate of drug-likeness (QED) is 0.311. The van der Waals surface area contributed by atoms with Gasteiger partial charge in [-0.05, 0) is 0 Å². The van der Waals surface area contributed by atoms with Crippen LogP contribution in [0.5, 0.6) is 0 Å². The molecule has 0 heterocycles. The Kier molecular flexibility index (Phi) is 2.53. The summed E-state index contributed by atoms with van der Waals surface area (Å²) in [5.74, 6) is 0. The Bertz CT molecular complexity index is 157. The molecule has 0 radical (unpaired) electrons. The van der Waals surface area contributed by atoms with Crippen LogP contribution in [0, 0.1) is 0 Å². The van der Waals surface area contributed by atoms with Gasteiger partial charge in [0.05, 0.1) is 0 Å². The monoisotopic (exact) mass is 334 g/mol. The zero-order valence-corrected chi connectivity index (χ0v) is 8.20. The Hall–Kier alpha value is 0.148. The second-order valence-corrected chi connectivity index (χ2v) is 7.85. The average Bonchev–Trinajstić information content (AvgIpc) is 0.938. The molecule has 0 aromatic carbocycles. The maximum atomic E-state index is 9.91. The van der Waals surface area contributed by atoms with Crippen LogP contribution in [0.15, 0.2) is 0 Å². The zero-order chi connectivity index (χ0) is 12.8. The van der Waals surface area contributed by atoms with Crippen LogP contribution in [0.2, 0.25) is 0 Å². The summed E-state index contributed by atoms with van der Waals surface area (Å²) in [6.45, 7) is 0. The molecule has 0 aromatic rings. The van der Waals surface area contributed by atoms with Gasteiger partial charge in [0.2, 0.25) is 0 Å². The first-order valence-electron chi connectivity index (χ1n) is 2.03. The summed E-state index contributed by atoms with van der Waals surface area (Å²) in [4.78, 5) is 0. The molecule has 0 aliphatic carbocycles. The maximum absolute atomic E-state index is 11.1. The van der Waals surface area contributed by atoms with Crippen LogP contribution >= 0.6 is 7.81 Å². The molecular formula is AsF12P-2. The fourth-order valence-electron chi connectivity index (χ4n) is 0. The van der Waals surface area contributed by atoms with Crippen molar-refractivity contribution in [2.24, 2.45) is 0 Å². The molecule has 0 aliphatic rings. The first-order valence-corrected chi connectivity index (χ1v) is 8.31. The summed E-state index contributed by atoms with van der Waals surface area (Å²) >= 11 is -11.1. The standard InChI is InChI=1S/AsF6.F6P/c2-1(3,4,5,6)7;1-7(2,3,4,5)6/q2*-1. The Morgan fingerprint density at radius 1 is 0.500 bits per heavy atom. The SMILES string of the molecule is F[As-](F)(F)(F)(F)F.F[P-](F)(F)(F)(F)F. The third-order valence-corrected chi connectivity index (χ3v) is 0. The van der Waals surface area contributed by atoms with Crippen LogP contribution in [-0.2, 0) is 0 Å². The molecule has 0 aliphatic heterocycles. The molecule has 0 spiro atoms. The number of halogens is 12. The molecule has 0 amide bonds. The molecule has 14 heteroatoms. The van der Waals surface area contributed by atoms with Crippen molar-refractivity contribution in [2.75, 3.05) is 0 Å². The van der Waals surface area contributed by atoms with Gasteiger partial charge in [-0.1, -0.05) is 0 Å². The van der Waals surface area contributed by atoms with Gasteiger partial charge in [-0.3, -0.25) is 0 Å². The molecule has 0 unspecified atom stereocenters. The van der Waals surface area contributed by atoms with Gasteiger partial charge in [0.15, 0.2) is 0 Å². The third kappa shape index (κ3) is 68500. The van der Waals surface area contributed by atoms with Crippen molar-refractivity contribution in [1.29, 1.82) is 0 Å². The van der Waals surface area contributed by atoms with Crippen molar-refractivity contribution in [3.63, 3.8) is 0 Å². The first-order chi connectivity index (χ1) is 4.90. The van der Waals surface area contributed by atoms with Crippen LogP contribution in [0.25, 0.3) is 0 Å². The van der Waals surface area contributed by atoms with Crippen molar-refractivity contribution in [1.82, 2.24) is 0 Å². The van der Waals surface area contributed by atoms with E-state index in [1.54, 1.807) is 0 Å². The number of hydrogen-bond acceptors (Lipinski definition) is 0. The summed E-state index contributed by atoms with van der Waals surface area (Å²) in [6, 6.07) is 0. The Labute approximate surface area is 69.0 Å². The summed E-state index contributed by atoms with van der Waals surface area (Å²) in [7, 11) is -10.7. The van der Waals surface area contributed by atoms with Gasteiger partial charge < -0.3 is 0 Å². The molecule has 0 aromatic heterocycles. The Morgan fingerprint density at radius 3 is 0.500 bits per heavy atom. The Morgan fingerprint density at radius 2 is 0.500 bits per heavy atom. The summed E-state index contributed by atoms with van der Waals surface area (Å²) in [5, 5.41) is 0. The fourth-order valence-corrected chi connectivity index (χ4v) is 0. The van der Waals surface area contributed by atoms with Gasteiger partial charge >= 0.3 is 68.0 Å². The fraction of sp³-hybridized carbons (Fsp3) is 0. The van der Waals surface area contributed by atoms with E-state index >= 15 is 0 Å². The summed E-state index contributed by atoms with van der Waals surface area (Å²) < 4.78 is 119. The average molecular weight is 334 g/mol. The molecule has 0 rings (SSSR count). The van der Waals surface area contributed by atoms with E-state index in [9.17, 15) is 46.0 Å². The molecule has 0 atom stereocenters. The second-order valence-electron chi connectivity index (χ2n) is 1.92. The molecule has 0 fully saturated rings. The van der Waals surface area contributed by atoms with E-state index in [2.05, 4.69) is 0 Å². The van der Waals surface area contributed by atoms with Crippen LogP contribution in [0.3, 0.4) is 0 Å². The normalized spacial score (nSPS) is 23.1. The zero-order valence-electron chi connectivity index (χ0n) is 5.43. The molecule has 96 valence electrons. The van der Waals surface area contributed by atoms with E-state index in [1.807, 2.05) is 0 Å². The molecule has 0 nitrogen and oxygen atoms in total. The van der Waals surface area contributed by atoms with E-state index in [-0.39, 0.29) is 0 Å². The molecule has 0 bridgehead atoms. The van der Waals surface area contributed by atoms with E-state index < -0.39 is 22.0 Å². The molecule has 0 saturated heterocycles. The van der Waals surface area contributed by atoms with Gasteiger partial charge in [0.25, 0.3) is 0 Å². The van der Waals surface area contributed by atoms with E-state index in [4.69, 9.17) is 0 Å². The van der Waals surface area contributed by atoms with E-state index in [0.29, 0.717) is 0 Å². The van der Waals surface area contributed by atoms with Crippen molar-refractivity contribution in [3.8, 4) is 0 Å². The summed E-state index contributed by atoms with van der Waals surface area (Å²) in [6.07, 6.45) is 0. The number of rotatable bonds is 0. The first kappa shape index (κ1) is 16.6. The molecular weight excluding hydrogens is 334 g/mol. The predicted octanol–water partition coefficient (Wildman–Crippen LogP) is 5.52. The summed E-state index contributed by atoms with van der Waals surface area (Å²) in [5.41, 5.74) is 0. The second kappa shape index (κ2) is 2.13. The van der Waals surface area contributed by atoms with Gasteiger partial charge in [-0.15, -0.1) is 0 Å². The van der Waals surface area contributed by atoms with Gasteiger partial charge in [0, 0.05) is 0 Å². The van der Waals surface area contributed by atoms with Crippen LogP contribution in [-0.4, -0.2) is 14.2 Å². The molecule has 14 heavy (non-hydrogen) atoms. The minimum absolute atomic E-state index is 9.87. The predicted molar refractivity (Wildman–Crippen MR) is 26.0 cm³/mol. The van der Waals surface area contributed by atoms with E-state index in [0.717, 1.165) is 0 Å². The Balaban J connectivity index is 0. The van der Waals surface area contributed by atoms with Gasteiger partial charge in [-0.2, -0.15) is 0 Å². The van der Waals surface area contributed by atoms with Crippen molar-refractivity contribution in [3.05, 3.63) is 0 Å². The van der Waals surface area contributed by atoms with Crippen LogP contribution in [0.1, 0.15) is 0 Å². The number of hydrogen-bond donors (Lipinski definition) is 0. The van der Waals surface area contributed by atoms with Crippen molar-refractivity contribution >= 4 is 22.0 Å². The van der Waals surface area contributed by atoms with Crippen LogP contribution < -0.4 is 0 Å². The van der Waals surface area contributed by atoms with Gasteiger partial charge in [0.1, 0.15) is 0 Å². The van der Waals surface area contributed by atoms with Crippen LogP contribution in [0.4, 0.5) is 46.0 Å². The van der Waals surface area contributed by atoms with Crippen molar-refractivity contribution in [2.45, 2.75) is 0 Å². The molecule has 0 saturated carbocycles. The third-order valence-electron chi connectivity index (χ3n) is 0.